The van der Waals surface area contributed by atoms with Crippen molar-refractivity contribution in [2.45, 2.75) is 58.7 Å². The lowest BCUT2D eigenvalue weighted by molar-refractivity contribution is -0.160. The number of amides is 3. The van der Waals surface area contributed by atoms with E-state index in [9.17, 15) is 14.4 Å². The summed E-state index contributed by atoms with van der Waals surface area (Å²) in [4.78, 5) is 48.8. The molecule has 1 aromatic heterocycles. The van der Waals surface area contributed by atoms with Crippen molar-refractivity contribution in [2.24, 2.45) is 11.8 Å². The number of benzene rings is 1. The summed E-state index contributed by atoms with van der Waals surface area (Å²) in [7, 11) is 3.35. The summed E-state index contributed by atoms with van der Waals surface area (Å²) in [6.45, 7) is 7.56. The largest absolute Gasteiger partial charge is 0.347 e. The number of carbonyl (C=O) groups is 3. The van der Waals surface area contributed by atoms with Crippen LogP contribution in [0.3, 0.4) is 0 Å². The quantitative estimate of drug-likeness (QED) is 0.741. The van der Waals surface area contributed by atoms with E-state index < -0.39 is 18.1 Å². The van der Waals surface area contributed by atoms with Gasteiger partial charge < -0.3 is 15.1 Å². The highest BCUT2D eigenvalue weighted by Crippen LogP contribution is 2.36. The van der Waals surface area contributed by atoms with Crippen molar-refractivity contribution in [2.75, 3.05) is 14.1 Å². The summed E-state index contributed by atoms with van der Waals surface area (Å²) in [6, 6.07) is 9.54. The monoisotopic (exact) mass is 462 g/mol. The van der Waals surface area contributed by atoms with Crippen molar-refractivity contribution in [3.05, 3.63) is 64.5 Å². The van der Waals surface area contributed by atoms with Gasteiger partial charge in [-0.25, -0.2) is 0 Å². The smallest absolute Gasteiger partial charge is 0.249 e. The normalized spacial score (nSPS) is 21.4. The molecule has 4 rings (SSSR count). The number of fused-ring (bicyclic) bond motifs is 1. The van der Waals surface area contributed by atoms with Crippen LogP contribution in [0.4, 0.5) is 0 Å². The van der Waals surface area contributed by atoms with Gasteiger partial charge in [0.2, 0.25) is 17.7 Å². The van der Waals surface area contributed by atoms with Crippen LogP contribution in [-0.2, 0) is 27.2 Å². The van der Waals surface area contributed by atoms with E-state index in [1.807, 2.05) is 52.0 Å². The number of hydrogen-bond donors (Lipinski definition) is 1. The van der Waals surface area contributed by atoms with E-state index >= 15 is 0 Å². The maximum atomic E-state index is 14.2. The average molecular weight is 463 g/mol. The third-order valence-electron chi connectivity index (χ3n) is 7.09. The molecule has 1 saturated heterocycles. The summed E-state index contributed by atoms with van der Waals surface area (Å²) >= 11 is 0. The van der Waals surface area contributed by atoms with Gasteiger partial charge in [-0.2, -0.15) is 0 Å². The fourth-order valence-corrected chi connectivity index (χ4v) is 5.42. The molecule has 1 fully saturated rings. The highest BCUT2D eigenvalue weighted by Gasteiger charge is 2.50. The Labute approximate surface area is 201 Å². The number of nitrogens with zero attached hydrogens (tertiary/aromatic N) is 3. The Morgan fingerprint density at radius 2 is 1.68 bits per heavy atom. The summed E-state index contributed by atoms with van der Waals surface area (Å²) in [5.41, 5.74) is 4.61. The lowest BCUT2D eigenvalue weighted by atomic mass is 9.87. The van der Waals surface area contributed by atoms with Crippen molar-refractivity contribution < 1.29 is 14.4 Å². The summed E-state index contributed by atoms with van der Waals surface area (Å²) in [5.74, 6) is -0.851. The number of carbonyl (C=O) groups excluding carboxylic acids is 3. The van der Waals surface area contributed by atoms with Crippen LogP contribution in [0.25, 0.3) is 0 Å². The number of likely N-dealkylation sites (N-methyl/N-ethyl adjacent to an activating group) is 1. The maximum absolute atomic E-state index is 14.2. The first kappa shape index (κ1) is 23.9. The van der Waals surface area contributed by atoms with Gasteiger partial charge in [-0.3, -0.25) is 19.4 Å². The van der Waals surface area contributed by atoms with Crippen LogP contribution < -0.4 is 5.32 Å². The minimum atomic E-state index is -0.916. The van der Waals surface area contributed by atoms with Gasteiger partial charge in [-0.1, -0.05) is 44.2 Å². The number of nitrogens with one attached hydrogen (secondary N) is 1. The summed E-state index contributed by atoms with van der Waals surface area (Å²) < 4.78 is 0. The van der Waals surface area contributed by atoms with E-state index in [2.05, 4.69) is 22.4 Å². The molecular formula is C27H34N4O3. The second-order valence-corrected chi connectivity index (χ2v) is 10.1. The Morgan fingerprint density at radius 3 is 2.21 bits per heavy atom. The average Bonchev–Trinajstić information content (AvgIpc) is 3.20. The molecule has 180 valence electrons. The number of piperazine rings is 1. The molecular weight excluding hydrogens is 428 g/mol. The van der Waals surface area contributed by atoms with E-state index in [4.69, 9.17) is 0 Å². The van der Waals surface area contributed by atoms with Gasteiger partial charge in [0.05, 0.1) is 0 Å². The van der Waals surface area contributed by atoms with Gasteiger partial charge >= 0.3 is 0 Å². The third-order valence-corrected chi connectivity index (χ3v) is 7.09. The lowest BCUT2D eigenvalue weighted by Crippen LogP contribution is -2.68. The molecule has 34 heavy (non-hydrogen) atoms. The lowest BCUT2D eigenvalue weighted by Gasteiger charge is -2.46. The van der Waals surface area contributed by atoms with Crippen molar-refractivity contribution in [3.8, 4) is 0 Å². The Hall–Kier alpha value is -3.22. The van der Waals surface area contributed by atoms with E-state index in [-0.39, 0.29) is 29.6 Å². The molecule has 2 aliphatic rings. The Kier molecular flexibility index (Phi) is 6.47. The van der Waals surface area contributed by atoms with E-state index in [0.29, 0.717) is 11.3 Å². The van der Waals surface area contributed by atoms with E-state index in [1.165, 1.54) is 16.0 Å². The molecule has 1 N–H and O–H groups in total. The zero-order valence-electron chi connectivity index (χ0n) is 20.8. The van der Waals surface area contributed by atoms with Gasteiger partial charge in [-0.05, 0) is 55.7 Å². The summed E-state index contributed by atoms with van der Waals surface area (Å²) in [5, 5.41) is 3.03. The molecule has 1 aliphatic heterocycles. The molecule has 2 heterocycles. The second-order valence-electron chi connectivity index (χ2n) is 10.1. The first-order chi connectivity index (χ1) is 16.1. The predicted molar refractivity (Wildman–Crippen MR) is 130 cm³/mol. The van der Waals surface area contributed by atoms with E-state index in [1.54, 1.807) is 19.0 Å². The minimum Gasteiger partial charge on any atom is -0.347 e. The van der Waals surface area contributed by atoms with Crippen molar-refractivity contribution in [1.82, 2.24) is 20.1 Å². The van der Waals surface area contributed by atoms with Crippen LogP contribution in [0.15, 0.2) is 36.4 Å². The number of aromatic nitrogens is 1. The highest BCUT2D eigenvalue weighted by molar-refractivity contribution is 6.00. The molecule has 1 aliphatic carbocycles. The zero-order chi connectivity index (χ0) is 24.7. The van der Waals surface area contributed by atoms with Gasteiger partial charge in [-0.15, -0.1) is 0 Å². The summed E-state index contributed by atoms with van der Waals surface area (Å²) in [6.07, 6.45) is 1.45. The Bertz CT molecular complexity index is 1100. The molecule has 0 saturated carbocycles. The molecule has 0 unspecified atom stereocenters. The molecule has 2 aromatic rings. The highest BCUT2D eigenvalue weighted by atomic mass is 16.2. The van der Waals surface area contributed by atoms with Crippen LogP contribution in [0, 0.1) is 25.7 Å². The molecule has 7 heteroatoms. The van der Waals surface area contributed by atoms with Crippen LogP contribution in [0.5, 0.6) is 0 Å². The van der Waals surface area contributed by atoms with Crippen LogP contribution in [0.2, 0.25) is 0 Å². The minimum absolute atomic E-state index is 0.0446. The SMILES string of the molecule is Cc1ccc([C@H](C(=O)N(C)C)N2C(=O)[C@@H](C3Cc4ccccc4C3)NC(=O)[C@H]2C(C)C)c(C)n1. The number of pyridine rings is 1. The van der Waals surface area contributed by atoms with Gasteiger partial charge in [0, 0.05) is 31.0 Å². The van der Waals surface area contributed by atoms with Crippen LogP contribution >= 0.6 is 0 Å². The van der Waals surface area contributed by atoms with Crippen LogP contribution in [-0.4, -0.2) is 58.7 Å². The maximum Gasteiger partial charge on any atom is 0.249 e. The van der Waals surface area contributed by atoms with Crippen molar-refractivity contribution >= 4 is 17.7 Å². The topological polar surface area (TPSA) is 82.6 Å². The number of aryl methyl sites for hydroxylation is 2. The predicted octanol–water partition coefficient (Wildman–Crippen LogP) is 2.59. The van der Waals surface area contributed by atoms with Crippen LogP contribution in [0.1, 0.15) is 48.0 Å². The second kappa shape index (κ2) is 9.20. The molecule has 3 atom stereocenters. The third kappa shape index (κ3) is 4.19. The van der Waals surface area contributed by atoms with Crippen molar-refractivity contribution in [3.63, 3.8) is 0 Å². The first-order valence-corrected chi connectivity index (χ1v) is 11.9. The van der Waals surface area contributed by atoms with Crippen molar-refractivity contribution in [1.29, 1.82) is 0 Å². The first-order valence-electron chi connectivity index (χ1n) is 11.9. The molecule has 0 bridgehead atoms. The number of rotatable bonds is 5. The van der Waals surface area contributed by atoms with Gasteiger partial charge in [0.15, 0.2) is 0 Å². The Balaban J connectivity index is 1.79. The fourth-order valence-electron chi connectivity index (χ4n) is 5.42. The molecule has 0 spiro atoms. The number of hydrogen-bond acceptors (Lipinski definition) is 4. The van der Waals surface area contributed by atoms with Gasteiger partial charge in [0.1, 0.15) is 18.1 Å². The van der Waals surface area contributed by atoms with E-state index in [0.717, 1.165) is 18.5 Å². The fraction of sp³-hybridized carbons (Fsp3) is 0.481. The molecule has 0 radical (unpaired) electrons. The standard InChI is InChI=1S/C27H34N4O3/c1-15(2)23-25(32)29-22(20-13-18-9-7-8-10-19(18)14-20)26(33)31(23)24(27(34)30(5)6)21-12-11-16(3)28-17(21)4/h7-12,15,20,22-24H,13-14H2,1-6H3,(H,29,32)/t22-,23-,24-/m1/s1. The molecule has 3 amide bonds. The Morgan fingerprint density at radius 1 is 1.06 bits per heavy atom. The molecule has 1 aromatic carbocycles. The van der Waals surface area contributed by atoms with Gasteiger partial charge in [0.25, 0.3) is 0 Å². The zero-order valence-corrected chi connectivity index (χ0v) is 20.8. The molecule has 7 nitrogen and oxygen atoms in total.